The predicted molar refractivity (Wildman–Crippen MR) is 107 cm³/mol. The van der Waals surface area contributed by atoms with E-state index in [4.69, 9.17) is 4.74 Å². The molecule has 2 amide bonds. The smallest absolute Gasteiger partial charge is 0.246 e. The summed E-state index contributed by atoms with van der Waals surface area (Å²) in [5, 5.41) is 2.89. The maximum absolute atomic E-state index is 14.4. The Kier molecular flexibility index (Phi) is 5.34. The number of fused-ring (bicyclic) bond motifs is 1. The van der Waals surface area contributed by atoms with Crippen LogP contribution >= 0.6 is 0 Å². The molecule has 6 heteroatoms. The van der Waals surface area contributed by atoms with Gasteiger partial charge in [-0.15, -0.1) is 0 Å². The number of rotatable bonds is 5. The molecule has 1 fully saturated rings. The second-order valence-corrected chi connectivity index (χ2v) is 7.31. The summed E-state index contributed by atoms with van der Waals surface area (Å²) in [6.07, 6.45) is 2.46. The molecule has 2 heterocycles. The van der Waals surface area contributed by atoms with E-state index in [1.807, 2.05) is 30.3 Å². The van der Waals surface area contributed by atoms with E-state index in [0.717, 1.165) is 11.1 Å². The molecule has 2 atom stereocenters. The van der Waals surface area contributed by atoms with Crippen molar-refractivity contribution in [3.63, 3.8) is 0 Å². The molecule has 0 spiro atoms. The highest BCUT2D eigenvalue weighted by atomic mass is 19.1. The summed E-state index contributed by atoms with van der Waals surface area (Å²) in [5.41, 5.74) is 2.20. The third-order valence-corrected chi connectivity index (χ3v) is 5.71. The lowest BCUT2D eigenvalue weighted by Crippen LogP contribution is -2.37. The molecule has 29 heavy (non-hydrogen) atoms. The first-order chi connectivity index (χ1) is 14.1. The molecule has 2 aliphatic heterocycles. The van der Waals surface area contributed by atoms with Gasteiger partial charge in [0, 0.05) is 30.6 Å². The van der Waals surface area contributed by atoms with Crippen LogP contribution in [0.3, 0.4) is 0 Å². The highest BCUT2D eigenvalue weighted by molar-refractivity contribution is 5.89. The van der Waals surface area contributed by atoms with Crippen molar-refractivity contribution in [1.82, 2.24) is 10.2 Å². The van der Waals surface area contributed by atoms with Crippen molar-refractivity contribution in [2.24, 2.45) is 5.92 Å². The number of halogens is 1. The van der Waals surface area contributed by atoms with Crippen molar-refractivity contribution < 1.29 is 18.7 Å². The number of nitrogens with zero attached hydrogens (tertiary/aromatic N) is 1. The van der Waals surface area contributed by atoms with Crippen LogP contribution in [-0.2, 0) is 22.6 Å². The predicted octanol–water partition coefficient (Wildman–Crippen LogP) is 3.15. The number of amides is 2. The summed E-state index contributed by atoms with van der Waals surface area (Å²) in [7, 11) is 0. The third-order valence-electron chi connectivity index (χ3n) is 5.71. The van der Waals surface area contributed by atoms with Gasteiger partial charge in [-0.1, -0.05) is 36.9 Å². The van der Waals surface area contributed by atoms with Gasteiger partial charge in [0.2, 0.25) is 11.8 Å². The third kappa shape index (κ3) is 3.62. The van der Waals surface area contributed by atoms with Crippen molar-refractivity contribution in [3.05, 3.63) is 77.6 Å². The van der Waals surface area contributed by atoms with Crippen molar-refractivity contribution in [3.8, 4) is 5.75 Å². The number of hydrogen-bond donors (Lipinski definition) is 1. The Bertz CT molecular complexity index is 945. The molecule has 1 N–H and O–H groups in total. The number of hydrogen-bond acceptors (Lipinski definition) is 3. The van der Waals surface area contributed by atoms with Crippen LogP contribution in [-0.4, -0.2) is 29.9 Å². The summed E-state index contributed by atoms with van der Waals surface area (Å²) >= 11 is 0. The number of nitrogens with one attached hydrogen (secondary N) is 1. The van der Waals surface area contributed by atoms with E-state index in [2.05, 4.69) is 11.9 Å². The quantitative estimate of drug-likeness (QED) is 0.793. The molecule has 0 unspecified atom stereocenters. The van der Waals surface area contributed by atoms with Crippen LogP contribution in [0.5, 0.6) is 5.75 Å². The van der Waals surface area contributed by atoms with Crippen LogP contribution in [0.1, 0.15) is 29.2 Å². The van der Waals surface area contributed by atoms with Gasteiger partial charge in [0.15, 0.2) is 0 Å². The number of likely N-dealkylation sites (tertiary alicyclic amines) is 1. The molecule has 0 bridgehead atoms. The van der Waals surface area contributed by atoms with E-state index < -0.39 is 5.92 Å². The van der Waals surface area contributed by atoms with Crippen molar-refractivity contribution >= 4 is 11.8 Å². The van der Waals surface area contributed by atoms with Gasteiger partial charge in [-0.25, -0.2) is 4.39 Å². The molecular weight excluding hydrogens is 371 g/mol. The number of carbonyl (C=O) groups is 2. The molecule has 150 valence electrons. The molecule has 0 saturated carbocycles. The van der Waals surface area contributed by atoms with Crippen molar-refractivity contribution in [2.45, 2.75) is 25.4 Å². The van der Waals surface area contributed by atoms with E-state index in [1.54, 1.807) is 11.0 Å². The molecule has 0 aliphatic carbocycles. The van der Waals surface area contributed by atoms with E-state index in [1.165, 1.54) is 12.1 Å². The molecule has 2 aromatic carbocycles. The fourth-order valence-corrected chi connectivity index (χ4v) is 4.31. The highest BCUT2D eigenvalue weighted by Crippen LogP contribution is 2.38. The lowest BCUT2D eigenvalue weighted by molar-refractivity contribution is -0.129. The van der Waals surface area contributed by atoms with E-state index in [-0.39, 0.29) is 30.2 Å². The Morgan fingerprint density at radius 1 is 1.24 bits per heavy atom. The van der Waals surface area contributed by atoms with Gasteiger partial charge in [0.05, 0.1) is 18.6 Å². The second-order valence-electron chi connectivity index (χ2n) is 7.31. The molecule has 4 rings (SSSR count). The van der Waals surface area contributed by atoms with Crippen LogP contribution < -0.4 is 10.1 Å². The average Bonchev–Trinajstić information content (AvgIpc) is 3.40. The zero-order valence-electron chi connectivity index (χ0n) is 16.1. The SMILES string of the molecule is C=CC(=O)N1CC[C@H](C(=O)NCc2c(F)ccc3c2CCO3)[C@H]1c1ccccc1. The maximum atomic E-state index is 14.4. The summed E-state index contributed by atoms with van der Waals surface area (Å²) in [6, 6.07) is 12.2. The summed E-state index contributed by atoms with van der Waals surface area (Å²) in [4.78, 5) is 27.1. The first-order valence-electron chi connectivity index (χ1n) is 9.79. The van der Waals surface area contributed by atoms with E-state index >= 15 is 0 Å². The largest absolute Gasteiger partial charge is 0.493 e. The first-order valence-corrected chi connectivity index (χ1v) is 9.79. The van der Waals surface area contributed by atoms with E-state index in [0.29, 0.717) is 37.3 Å². The highest BCUT2D eigenvalue weighted by Gasteiger charge is 2.41. The molecule has 0 aromatic heterocycles. The monoisotopic (exact) mass is 394 g/mol. The average molecular weight is 394 g/mol. The molecule has 1 saturated heterocycles. The molecule has 2 aliphatic rings. The normalized spacial score (nSPS) is 20.1. The van der Waals surface area contributed by atoms with Crippen LogP contribution in [0.25, 0.3) is 0 Å². The Hall–Kier alpha value is -3.15. The summed E-state index contributed by atoms with van der Waals surface area (Å²) in [5.74, 6) is -0.449. The minimum Gasteiger partial charge on any atom is -0.493 e. The first kappa shape index (κ1) is 19.2. The Labute approximate surface area is 169 Å². The standard InChI is InChI=1S/C23H23FN2O3/c1-2-21(27)26-12-10-17(22(26)15-6-4-3-5-7-15)23(28)25-14-18-16-11-13-29-20(16)9-8-19(18)24/h2-9,17,22H,1,10-14H2,(H,25,28)/t17-,22+/m0/s1. The zero-order chi connectivity index (χ0) is 20.4. The number of ether oxygens (including phenoxy) is 1. The number of benzene rings is 2. The molecule has 5 nitrogen and oxygen atoms in total. The van der Waals surface area contributed by atoms with Gasteiger partial charge < -0.3 is 15.0 Å². The van der Waals surface area contributed by atoms with Gasteiger partial charge in [-0.3, -0.25) is 9.59 Å². The molecule has 0 radical (unpaired) electrons. The van der Waals surface area contributed by atoms with Crippen molar-refractivity contribution in [1.29, 1.82) is 0 Å². The Morgan fingerprint density at radius 3 is 2.79 bits per heavy atom. The second kappa shape index (κ2) is 8.07. The summed E-state index contributed by atoms with van der Waals surface area (Å²) in [6.45, 7) is 4.68. The van der Waals surface area contributed by atoms with Gasteiger partial charge in [-0.2, -0.15) is 0 Å². The zero-order valence-corrected chi connectivity index (χ0v) is 16.1. The van der Waals surface area contributed by atoms with Crippen LogP contribution in [0.4, 0.5) is 4.39 Å². The Balaban J connectivity index is 1.54. The van der Waals surface area contributed by atoms with Gasteiger partial charge >= 0.3 is 0 Å². The fraction of sp³-hybridized carbons (Fsp3) is 0.304. The maximum Gasteiger partial charge on any atom is 0.246 e. The van der Waals surface area contributed by atoms with Crippen LogP contribution in [0, 0.1) is 11.7 Å². The lowest BCUT2D eigenvalue weighted by Gasteiger charge is -2.27. The molecular formula is C23H23FN2O3. The van der Waals surface area contributed by atoms with E-state index in [9.17, 15) is 14.0 Å². The molecule has 2 aromatic rings. The van der Waals surface area contributed by atoms with Gasteiger partial charge in [0.1, 0.15) is 11.6 Å². The minimum atomic E-state index is -0.405. The van der Waals surface area contributed by atoms with Gasteiger partial charge in [0.25, 0.3) is 0 Å². The number of carbonyl (C=O) groups excluding carboxylic acids is 2. The fourth-order valence-electron chi connectivity index (χ4n) is 4.31. The topological polar surface area (TPSA) is 58.6 Å². The van der Waals surface area contributed by atoms with Crippen molar-refractivity contribution in [2.75, 3.05) is 13.2 Å². The summed E-state index contributed by atoms with van der Waals surface area (Å²) < 4.78 is 19.9. The minimum absolute atomic E-state index is 0.102. The lowest BCUT2D eigenvalue weighted by atomic mass is 9.92. The Morgan fingerprint density at radius 2 is 2.03 bits per heavy atom. The van der Waals surface area contributed by atoms with Crippen LogP contribution in [0.15, 0.2) is 55.1 Å². The van der Waals surface area contributed by atoms with Gasteiger partial charge in [-0.05, 0) is 30.2 Å². The van der Waals surface area contributed by atoms with Crippen LogP contribution in [0.2, 0.25) is 0 Å².